The fourth-order valence-electron chi connectivity index (χ4n) is 1.37. The van der Waals surface area contributed by atoms with Crippen molar-refractivity contribution in [2.45, 2.75) is 19.9 Å². The molecule has 2 rings (SSSR count). The van der Waals surface area contributed by atoms with Crippen LogP contribution in [-0.4, -0.2) is 10.1 Å². The van der Waals surface area contributed by atoms with Gasteiger partial charge in [-0.15, -0.1) is 0 Å². The van der Waals surface area contributed by atoms with Gasteiger partial charge in [0, 0.05) is 10.6 Å². The molecule has 1 unspecified atom stereocenters. The van der Waals surface area contributed by atoms with Crippen LogP contribution in [0.5, 0.6) is 0 Å². The number of nitrogens with zero attached hydrogens (tertiary/aromatic N) is 2. The zero-order chi connectivity index (χ0) is 11.7. The average molecular weight is 238 g/mol. The van der Waals surface area contributed by atoms with E-state index < -0.39 is 0 Å². The summed E-state index contributed by atoms with van der Waals surface area (Å²) in [6.07, 6.45) is 0. The van der Waals surface area contributed by atoms with E-state index in [0.717, 1.165) is 11.1 Å². The Balaban J connectivity index is 2.47. The first-order valence-electron chi connectivity index (χ1n) is 4.94. The van der Waals surface area contributed by atoms with Gasteiger partial charge in [-0.25, -0.2) is 0 Å². The molecule has 4 nitrogen and oxygen atoms in total. The van der Waals surface area contributed by atoms with Gasteiger partial charge in [0.1, 0.15) is 0 Å². The molecule has 0 saturated heterocycles. The molecule has 1 atom stereocenters. The van der Waals surface area contributed by atoms with Gasteiger partial charge in [0.05, 0.1) is 6.04 Å². The molecule has 0 saturated carbocycles. The van der Waals surface area contributed by atoms with Gasteiger partial charge in [0.15, 0.2) is 5.82 Å². The lowest BCUT2D eigenvalue weighted by Crippen LogP contribution is -2.06. The zero-order valence-corrected chi connectivity index (χ0v) is 9.82. The number of benzene rings is 1. The minimum Gasteiger partial charge on any atom is -0.334 e. The van der Waals surface area contributed by atoms with Crippen molar-refractivity contribution in [2.75, 3.05) is 0 Å². The molecule has 2 N–H and O–H groups in total. The lowest BCUT2D eigenvalue weighted by Gasteiger charge is -2.01. The minimum absolute atomic E-state index is 0.239. The predicted octanol–water partition coefficient (Wildman–Crippen LogP) is 2.72. The molecule has 1 aromatic heterocycles. The Morgan fingerprint density at radius 1 is 1.44 bits per heavy atom. The second-order valence-electron chi connectivity index (χ2n) is 3.66. The summed E-state index contributed by atoms with van der Waals surface area (Å²) >= 11 is 6.02. The predicted molar refractivity (Wildman–Crippen MR) is 62.1 cm³/mol. The smallest absolute Gasteiger partial charge is 0.258 e. The Morgan fingerprint density at radius 3 is 2.81 bits per heavy atom. The molecule has 5 heteroatoms. The molecule has 1 heterocycles. The Kier molecular flexibility index (Phi) is 2.94. The van der Waals surface area contributed by atoms with E-state index in [1.807, 2.05) is 25.1 Å². The average Bonchev–Trinajstić information content (AvgIpc) is 2.71. The summed E-state index contributed by atoms with van der Waals surface area (Å²) in [5, 5.41) is 4.49. The Labute approximate surface area is 98.4 Å². The van der Waals surface area contributed by atoms with Gasteiger partial charge in [-0.2, -0.15) is 4.98 Å². The van der Waals surface area contributed by atoms with Crippen LogP contribution in [0.3, 0.4) is 0 Å². The molecule has 0 radical (unpaired) electrons. The normalized spacial score (nSPS) is 12.8. The molecule has 2 aromatic rings. The molecule has 0 spiro atoms. The van der Waals surface area contributed by atoms with E-state index in [2.05, 4.69) is 10.1 Å². The lowest BCUT2D eigenvalue weighted by atomic mass is 10.1. The largest absolute Gasteiger partial charge is 0.334 e. The number of hydrogen-bond donors (Lipinski definition) is 1. The minimum atomic E-state index is -0.239. The molecule has 0 aliphatic carbocycles. The maximum Gasteiger partial charge on any atom is 0.258 e. The molecular formula is C11H12ClN3O. The van der Waals surface area contributed by atoms with E-state index in [1.54, 1.807) is 6.92 Å². The van der Waals surface area contributed by atoms with Gasteiger partial charge >= 0.3 is 0 Å². The van der Waals surface area contributed by atoms with Crippen LogP contribution in [0.15, 0.2) is 22.7 Å². The summed E-state index contributed by atoms with van der Waals surface area (Å²) in [6.45, 7) is 3.72. The van der Waals surface area contributed by atoms with E-state index in [4.69, 9.17) is 21.9 Å². The fraction of sp³-hybridized carbons (Fsp3) is 0.273. The lowest BCUT2D eigenvalue weighted by molar-refractivity contribution is 0.418. The first kappa shape index (κ1) is 11.1. The number of halogens is 1. The molecule has 16 heavy (non-hydrogen) atoms. The van der Waals surface area contributed by atoms with Crippen LogP contribution in [0.4, 0.5) is 0 Å². The number of rotatable bonds is 2. The van der Waals surface area contributed by atoms with E-state index >= 15 is 0 Å². The summed E-state index contributed by atoms with van der Waals surface area (Å²) in [5.41, 5.74) is 7.42. The quantitative estimate of drug-likeness (QED) is 0.872. The highest BCUT2D eigenvalue weighted by Gasteiger charge is 2.14. The van der Waals surface area contributed by atoms with Crippen molar-refractivity contribution >= 4 is 11.6 Å². The van der Waals surface area contributed by atoms with Crippen LogP contribution in [-0.2, 0) is 0 Å². The number of nitrogens with two attached hydrogens (primary N) is 1. The Bertz CT molecular complexity index is 508. The van der Waals surface area contributed by atoms with Crippen LogP contribution in [0.1, 0.15) is 24.4 Å². The second kappa shape index (κ2) is 4.23. The van der Waals surface area contributed by atoms with Gasteiger partial charge in [0.2, 0.25) is 0 Å². The highest BCUT2D eigenvalue weighted by Crippen LogP contribution is 2.27. The van der Waals surface area contributed by atoms with Crippen molar-refractivity contribution in [1.29, 1.82) is 0 Å². The van der Waals surface area contributed by atoms with Gasteiger partial charge in [-0.1, -0.05) is 22.8 Å². The zero-order valence-electron chi connectivity index (χ0n) is 9.07. The second-order valence-corrected chi connectivity index (χ2v) is 4.07. The third-order valence-electron chi connectivity index (χ3n) is 2.35. The molecule has 0 aliphatic heterocycles. The molecule has 1 aromatic carbocycles. The molecule has 0 bridgehead atoms. The van der Waals surface area contributed by atoms with Crippen LogP contribution < -0.4 is 5.73 Å². The van der Waals surface area contributed by atoms with E-state index in [9.17, 15) is 0 Å². The van der Waals surface area contributed by atoms with Gasteiger partial charge in [-0.3, -0.25) is 0 Å². The fourth-order valence-corrected chi connectivity index (χ4v) is 1.54. The van der Waals surface area contributed by atoms with Crippen molar-refractivity contribution in [1.82, 2.24) is 10.1 Å². The van der Waals surface area contributed by atoms with Crippen LogP contribution in [0, 0.1) is 6.92 Å². The summed E-state index contributed by atoms with van der Waals surface area (Å²) in [5.74, 6) is 0.946. The molecule has 0 amide bonds. The first-order chi connectivity index (χ1) is 7.59. The summed E-state index contributed by atoms with van der Waals surface area (Å²) in [4.78, 5) is 4.22. The summed E-state index contributed by atoms with van der Waals surface area (Å²) in [7, 11) is 0. The van der Waals surface area contributed by atoms with Crippen molar-refractivity contribution in [2.24, 2.45) is 5.73 Å². The molecule has 0 fully saturated rings. The van der Waals surface area contributed by atoms with Crippen molar-refractivity contribution in [3.8, 4) is 11.5 Å². The maximum atomic E-state index is 6.02. The summed E-state index contributed by atoms with van der Waals surface area (Å²) < 4.78 is 5.15. The van der Waals surface area contributed by atoms with E-state index in [-0.39, 0.29) is 6.04 Å². The van der Waals surface area contributed by atoms with Crippen molar-refractivity contribution in [3.05, 3.63) is 34.6 Å². The number of hydrogen-bond acceptors (Lipinski definition) is 4. The first-order valence-corrected chi connectivity index (χ1v) is 5.32. The maximum absolute atomic E-state index is 6.02. The standard InChI is InChI=1S/C11H12ClN3O/c1-6-8(4-3-5-9(6)12)11-14-10(7(2)13)15-16-11/h3-5,7H,13H2,1-2H3. The van der Waals surface area contributed by atoms with Gasteiger partial charge in [0.25, 0.3) is 5.89 Å². The third kappa shape index (κ3) is 1.94. The van der Waals surface area contributed by atoms with Gasteiger partial charge < -0.3 is 10.3 Å². The van der Waals surface area contributed by atoms with Gasteiger partial charge in [-0.05, 0) is 31.5 Å². The van der Waals surface area contributed by atoms with Crippen molar-refractivity contribution in [3.63, 3.8) is 0 Å². The monoisotopic (exact) mass is 237 g/mol. The highest BCUT2D eigenvalue weighted by molar-refractivity contribution is 6.31. The Hall–Kier alpha value is -1.39. The molecule has 0 aliphatic rings. The topological polar surface area (TPSA) is 64.9 Å². The summed E-state index contributed by atoms with van der Waals surface area (Å²) in [6, 6.07) is 5.32. The van der Waals surface area contributed by atoms with E-state index in [1.165, 1.54) is 0 Å². The van der Waals surface area contributed by atoms with Crippen LogP contribution >= 0.6 is 11.6 Å². The van der Waals surface area contributed by atoms with Crippen molar-refractivity contribution < 1.29 is 4.52 Å². The van der Waals surface area contributed by atoms with Crippen LogP contribution in [0.25, 0.3) is 11.5 Å². The highest BCUT2D eigenvalue weighted by atomic mass is 35.5. The van der Waals surface area contributed by atoms with E-state index in [0.29, 0.717) is 16.7 Å². The van der Waals surface area contributed by atoms with Crippen LogP contribution in [0.2, 0.25) is 5.02 Å². The third-order valence-corrected chi connectivity index (χ3v) is 2.76. The molecule has 84 valence electrons. The Morgan fingerprint density at radius 2 is 2.19 bits per heavy atom. The SMILES string of the molecule is Cc1c(Cl)cccc1-c1nc(C(C)N)no1. The number of aromatic nitrogens is 2. The molecular weight excluding hydrogens is 226 g/mol.